The summed E-state index contributed by atoms with van der Waals surface area (Å²) in [6.07, 6.45) is 0. The molecule has 3 nitrogen and oxygen atoms in total. The van der Waals surface area contributed by atoms with Crippen molar-refractivity contribution in [1.29, 1.82) is 0 Å². The lowest BCUT2D eigenvalue weighted by Gasteiger charge is -2.13. The minimum absolute atomic E-state index is 0.179. The van der Waals surface area contributed by atoms with Crippen molar-refractivity contribution in [3.05, 3.63) is 58.6 Å². The number of ether oxygens (including phenoxy) is 1. The lowest BCUT2D eigenvalue weighted by Crippen LogP contribution is -2.15. The highest BCUT2D eigenvalue weighted by atomic mass is 79.9. The van der Waals surface area contributed by atoms with Gasteiger partial charge in [0.15, 0.2) is 0 Å². The van der Waals surface area contributed by atoms with Gasteiger partial charge in [0.25, 0.3) is 5.91 Å². The lowest BCUT2D eigenvalue weighted by molar-refractivity contribution is 0.102. The van der Waals surface area contributed by atoms with E-state index in [1.165, 1.54) is 0 Å². The number of amides is 1. The molecule has 1 N–H and O–H groups in total. The van der Waals surface area contributed by atoms with E-state index in [9.17, 15) is 4.79 Å². The second kappa shape index (κ2) is 7.27. The Balaban J connectivity index is 2.17. The minimum atomic E-state index is -0.179. The Morgan fingerprint density at radius 1 is 1.14 bits per heavy atom. The number of nitrogens with one attached hydrogen (secondary N) is 1. The van der Waals surface area contributed by atoms with E-state index in [-0.39, 0.29) is 5.91 Å². The van der Waals surface area contributed by atoms with Crippen molar-refractivity contribution >= 4 is 27.5 Å². The molecule has 0 aromatic heterocycles. The summed E-state index contributed by atoms with van der Waals surface area (Å²) in [6.45, 7) is 4.73. The van der Waals surface area contributed by atoms with Gasteiger partial charge in [0, 0.05) is 4.47 Å². The molecule has 0 fully saturated rings. The van der Waals surface area contributed by atoms with Gasteiger partial charge in [-0.3, -0.25) is 4.79 Å². The maximum absolute atomic E-state index is 12.4. The van der Waals surface area contributed by atoms with Gasteiger partial charge in [-0.25, -0.2) is 0 Å². The molecule has 0 heterocycles. The van der Waals surface area contributed by atoms with E-state index >= 15 is 0 Å². The topological polar surface area (TPSA) is 38.3 Å². The van der Waals surface area contributed by atoms with Gasteiger partial charge in [0.05, 0.1) is 17.9 Å². The second-order valence-electron chi connectivity index (χ2n) is 5.13. The fraction of sp³-hybridized carbons (Fsp3) is 0.235. The molecule has 0 unspecified atom stereocenters. The molecule has 0 radical (unpaired) electrons. The summed E-state index contributed by atoms with van der Waals surface area (Å²) in [7, 11) is 0. The Labute approximate surface area is 133 Å². The van der Waals surface area contributed by atoms with Crippen molar-refractivity contribution in [2.45, 2.75) is 13.8 Å². The van der Waals surface area contributed by atoms with E-state index in [0.29, 0.717) is 23.8 Å². The van der Waals surface area contributed by atoms with Gasteiger partial charge in [-0.05, 0) is 46.1 Å². The van der Waals surface area contributed by atoms with Gasteiger partial charge in [-0.1, -0.05) is 38.1 Å². The highest BCUT2D eigenvalue weighted by Crippen LogP contribution is 2.24. The molecule has 0 atom stereocenters. The van der Waals surface area contributed by atoms with E-state index in [2.05, 4.69) is 35.1 Å². The predicted octanol–water partition coefficient (Wildman–Crippen LogP) is 4.74. The van der Waals surface area contributed by atoms with Crippen LogP contribution in [-0.4, -0.2) is 12.5 Å². The Morgan fingerprint density at radius 3 is 2.52 bits per heavy atom. The minimum Gasteiger partial charge on any atom is -0.492 e. The maximum atomic E-state index is 12.4. The van der Waals surface area contributed by atoms with Crippen LogP contribution in [-0.2, 0) is 0 Å². The molecule has 21 heavy (non-hydrogen) atoms. The highest BCUT2D eigenvalue weighted by molar-refractivity contribution is 9.10. The first-order valence-electron chi connectivity index (χ1n) is 6.85. The Hall–Kier alpha value is -1.81. The number of hydrogen-bond acceptors (Lipinski definition) is 2. The first kappa shape index (κ1) is 15.6. The molecule has 110 valence electrons. The van der Waals surface area contributed by atoms with Gasteiger partial charge < -0.3 is 10.1 Å². The Bertz CT molecular complexity index is 626. The van der Waals surface area contributed by atoms with E-state index in [1.54, 1.807) is 6.07 Å². The van der Waals surface area contributed by atoms with Crippen LogP contribution in [0.4, 0.5) is 5.69 Å². The number of rotatable bonds is 5. The largest absolute Gasteiger partial charge is 0.492 e. The molecule has 2 aromatic rings. The van der Waals surface area contributed by atoms with Gasteiger partial charge >= 0.3 is 0 Å². The molecular formula is C17H18BrNO2. The molecule has 4 heteroatoms. The molecular weight excluding hydrogens is 330 g/mol. The quantitative estimate of drug-likeness (QED) is 0.848. The van der Waals surface area contributed by atoms with E-state index in [0.717, 1.165) is 10.2 Å². The first-order chi connectivity index (χ1) is 10.1. The van der Waals surface area contributed by atoms with Crippen molar-refractivity contribution in [1.82, 2.24) is 0 Å². The smallest absolute Gasteiger partial charge is 0.259 e. The predicted molar refractivity (Wildman–Crippen MR) is 88.9 cm³/mol. The Morgan fingerprint density at radius 2 is 1.81 bits per heavy atom. The van der Waals surface area contributed by atoms with Crippen LogP contribution in [0.2, 0.25) is 0 Å². The summed E-state index contributed by atoms with van der Waals surface area (Å²) in [5.41, 5.74) is 1.27. The molecule has 1 amide bonds. The zero-order valence-electron chi connectivity index (χ0n) is 12.1. The molecule has 2 rings (SSSR count). The number of anilines is 1. The molecule has 0 bridgehead atoms. The van der Waals surface area contributed by atoms with E-state index < -0.39 is 0 Å². The normalized spacial score (nSPS) is 10.5. The molecule has 0 spiro atoms. The standard InChI is InChI=1S/C17H18BrNO2/c1-12(2)11-21-16-10-6-3-7-13(16)17(20)19-15-9-5-4-8-14(15)18/h3-10,12H,11H2,1-2H3,(H,19,20). The van der Waals surface area contributed by atoms with Crippen molar-refractivity contribution in [3.63, 3.8) is 0 Å². The van der Waals surface area contributed by atoms with Crippen molar-refractivity contribution in [2.24, 2.45) is 5.92 Å². The third-order valence-electron chi connectivity index (χ3n) is 2.83. The maximum Gasteiger partial charge on any atom is 0.259 e. The third-order valence-corrected chi connectivity index (χ3v) is 3.52. The fourth-order valence-corrected chi connectivity index (χ4v) is 2.17. The molecule has 0 aliphatic heterocycles. The van der Waals surface area contributed by atoms with Gasteiger partial charge in [-0.15, -0.1) is 0 Å². The number of carbonyl (C=O) groups is 1. The number of hydrogen-bond donors (Lipinski definition) is 1. The summed E-state index contributed by atoms with van der Waals surface area (Å²) in [6, 6.07) is 14.8. The number of para-hydroxylation sites is 2. The van der Waals surface area contributed by atoms with Crippen LogP contribution in [0.5, 0.6) is 5.75 Å². The highest BCUT2D eigenvalue weighted by Gasteiger charge is 2.13. The Kier molecular flexibility index (Phi) is 5.39. The summed E-state index contributed by atoms with van der Waals surface area (Å²) < 4.78 is 6.56. The molecule has 2 aromatic carbocycles. The average Bonchev–Trinajstić information content (AvgIpc) is 2.47. The van der Waals surface area contributed by atoms with Crippen LogP contribution >= 0.6 is 15.9 Å². The second-order valence-corrected chi connectivity index (χ2v) is 5.99. The van der Waals surface area contributed by atoms with Gasteiger partial charge in [-0.2, -0.15) is 0 Å². The first-order valence-corrected chi connectivity index (χ1v) is 7.65. The van der Waals surface area contributed by atoms with Crippen LogP contribution in [0.3, 0.4) is 0 Å². The molecule has 0 aliphatic carbocycles. The van der Waals surface area contributed by atoms with Crippen LogP contribution in [0, 0.1) is 5.92 Å². The number of carbonyl (C=O) groups excluding carboxylic acids is 1. The zero-order chi connectivity index (χ0) is 15.2. The van der Waals surface area contributed by atoms with Gasteiger partial charge in [0.1, 0.15) is 5.75 Å². The third kappa shape index (κ3) is 4.33. The van der Waals surface area contributed by atoms with Crippen molar-refractivity contribution in [3.8, 4) is 5.75 Å². The average molecular weight is 348 g/mol. The van der Waals surface area contributed by atoms with Crippen LogP contribution in [0.15, 0.2) is 53.0 Å². The SMILES string of the molecule is CC(C)COc1ccccc1C(=O)Nc1ccccc1Br. The lowest BCUT2D eigenvalue weighted by atomic mass is 10.1. The molecule has 0 aliphatic rings. The van der Waals surface area contributed by atoms with E-state index in [1.807, 2.05) is 42.5 Å². The molecule has 0 saturated carbocycles. The fourth-order valence-electron chi connectivity index (χ4n) is 1.79. The summed E-state index contributed by atoms with van der Waals surface area (Å²) in [4.78, 5) is 12.4. The summed E-state index contributed by atoms with van der Waals surface area (Å²) in [5.74, 6) is 0.835. The summed E-state index contributed by atoms with van der Waals surface area (Å²) in [5, 5.41) is 2.89. The number of halogens is 1. The zero-order valence-corrected chi connectivity index (χ0v) is 13.7. The van der Waals surface area contributed by atoms with Crippen molar-refractivity contribution < 1.29 is 9.53 Å². The summed E-state index contributed by atoms with van der Waals surface area (Å²) >= 11 is 3.42. The van der Waals surface area contributed by atoms with E-state index in [4.69, 9.17) is 4.74 Å². The van der Waals surface area contributed by atoms with Crippen LogP contribution < -0.4 is 10.1 Å². The van der Waals surface area contributed by atoms with Gasteiger partial charge in [0.2, 0.25) is 0 Å². The molecule has 0 saturated heterocycles. The van der Waals surface area contributed by atoms with Crippen LogP contribution in [0.1, 0.15) is 24.2 Å². The monoisotopic (exact) mass is 347 g/mol. The number of benzene rings is 2. The van der Waals surface area contributed by atoms with Crippen LogP contribution in [0.25, 0.3) is 0 Å². The van der Waals surface area contributed by atoms with Crippen molar-refractivity contribution in [2.75, 3.05) is 11.9 Å².